The van der Waals surface area contributed by atoms with E-state index < -0.39 is 6.04 Å². The number of halogens is 1. The lowest BCUT2D eigenvalue weighted by atomic mass is 10.1. The van der Waals surface area contributed by atoms with Gasteiger partial charge in [0.1, 0.15) is 11.8 Å². The Labute approximate surface area is 168 Å². The maximum atomic E-state index is 12.9. The fourth-order valence-electron chi connectivity index (χ4n) is 2.74. The highest BCUT2D eigenvalue weighted by atomic mass is 79.9. The highest BCUT2D eigenvalue weighted by Crippen LogP contribution is 2.17. The summed E-state index contributed by atoms with van der Waals surface area (Å²) >= 11 is 3.37. The fraction of sp³-hybridized carbons (Fsp3) is 0.333. The molecule has 0 radical (unpaired) electrons. The predicted molar refractivity (Wildman–Crippen MR) is 110 cm³/mol. The zero-order valence-corrected chi connectivity index (χ0v) is 17.5. The largest absolute Gasteiger partial charge is 0.484 e. The molecule has 1 N–H and O–H groups in total. The summed E-state index contributed by atoms with van der Waals surface area (Å²) in [6.07, 6.45) is 0.523. The number of likely N-dealkylation sites (N-methyl/N-ethyl adjacent to an activating group) is 1. The molecule has 0 saturated heterocycles. The number of amides is 2. The Morgan fingerprint density at radius 3 is 2.30 bits per heavy atom. The molecule has 144 valence electrons. The maximum absolute atomic E-state index is 12.9. The Balaban J connectivity index is 2.15. The minimum Gasteiger partial charge on any atom is -0.484 e. The van der Waals surface area contributed by atoms with Crippen molar-refractivity contribution in [2.24, 2.45) is 0 Å². The summed E-state index contributed by atoms with van der Waals surface area (Å²) in [6.45, 7) is 4.14. The van der Waals surface area contributed by atoms with Crippen LogP contribution in [0.3, 0.4) is 0 Å². The van der Waals surface area contributed by atoms with Gasteiger partial charge in [0.2, 0.25) is 5.91 Å². The number of benzene rings is 2. The van der Waals surface area contributed by atoms with Gasteiger partial charge in [-0.05, 0) is 43.2 Å². The van der Waals surface area contributed by atoms with Crippen molar-refractivity contribution in [2.75, 3.05) is 13.7 Å². The van der Waals surface area contributed by atoms with Gasteiger partial charge in [-0.15, -0.1) is 0 Å². The Kier molecular flexibility index (Phi) is 7.85. The Morgan fingerprint density at radius 1 is 1.11 bits per heavy atom. The molecular formula is C21H25BrN2O3. The average molecular weight is 433 g/mol. The van der Waals surface area contributed by atoms with Crippen LogP contribution < -0.4 is 10.1 Å². The Morgan fingerprint density at radius 2 is 1.74 bits per heavy atom. The van der Waals surface area contributed by atoms with Gasteiger partial charge < -0.3 is 15.0 Å². The molecule has 0 saturated carbocycles. The molecular weight excluding hydrogens is 408 g/mol. The van der Waals surface area contributed by atoms with E-state index in [9.17, 15) is 9.59 Å². The molecule has 1 atom stereocenters. The number of nitrogens with zero attached hydrogens (tertiary/aromatic N) is 1. The molecule has 2 aromatic carbocycles. The molecule has 0 aliphatic heterocycles. The molecule has 6 heteroatoms. The van der Waals surface area contributed by atoms with Crippen molar-refractivity contribution >= 4 is 27.7 Å². The van der Waals surface area contributed by atoms with Gasteiger partial charge in [0.15, 0.2) is 6.61 Å². The molecule has 0 aromatic heterocycles. The molecule has 0 fully saturated rings. The standard InChI is InChI=1S/C21H25BrN2O3/c1-4-19(21(26)23-3)24(13-16-7-5-15(2)6-8-16)20(25)14-27-18-11-9-17(22)10-12-18/h5-12,19H,4,13-14H2,1-3H3,(H,23,26)/t19-/m0/s1. The third-order valence-corrected chi connectivity index (χ3v) is 4.81. The zero-order chi connectivity index (χ0) is 19.8. The van der Waals surface area contributed by atoms with E-state index >= 15 is 0 Å². The van der Waals surface area contributed by atoms with Crippen LogP contribution in [0.1, 0.15) is 24.5 Å². The predicted octanol–water partition coefficient (Wildman–Crippen LogP) is 3.69. The summed E-state index contributed by atoms with van der Waals surface area (Å²) in [7, 11) is 1.58. The number of nitrogens with one attached hydrogen (secondary N) is 1. The lowest BCUT2D eigenvalue weighted by Gasteiger charge is -2.30. The van der Waals surface area contributed by atoms with Gasteiger partial charge >= 0.3 is 0 Å². The quantitative estimate of drug-likeness (QED) is 0.691. The van der Waals surface area contributed by atoms with Crippen molar-refractivity contribution in [2.45, 2.75) is 32.9 Å². The highest BCUT2D eigenvalue weighted by molar-refractivity contribution is 9.10. The average Bonchev–Trinajstić information content (AvgIpc) is 2.68. The van der Waals surface area contributed by atoms with Gasteiger partial charge in [-0.25, -0.2) is 0 Å². The number of rotatable bonds is 8. The van der Waals surface area contributed by atoms with E-state index in [1.165, 1.54) is 0 Å². The summed E-state index contributed by atoms with van der Waals surface area (Å²) in [4.78, 5) is 26.8. The summed E-state index contributed by atoms with van der Waals surface area (Å²) in [5, 5.41) is 2.65. The van der Waals surface area contributed by atoms with E-state index in [-0.39, 0.29) is 18.4 Å². The summed E-state index contributed by atoms with van der Waals surface area (Å²) < 4.78 is 6.56. The summed E-state index contributed by atoms with van der Waals surface area (Å²) in [6, 6.07) is 14.7. The molecule has 0 spiro atoms. The van der Waals surface area contributed by atoms with E-state index in [2.05, 4.69) is 21.2 Å². The highest BCUT2D eigenvalue weighted by Gasteiger charge is 2.28. The third kappa shape index (κ3) is 6.10. The van der Waals surface area contributed by atoms with Crippen LogP contribution >= 0.6 is 15.9 Å². The van der Waals surface area contributed by atoms with Crippen LogP contribution in [0, 0.1) is 6.92 Å². The minimum atomic E-state index is -0.544. The van der Waals surface area contributed by atoms with Gasteiger partial charge in [-0.2, -0.15) is 0 Å². The van der Waals surface area contributed by atoms with Gasteiger partial charge in [-0.3, -0.25) is 9.59 Å². The number of aryl methyl sites for hydroxylation is 1. The fourth-order valence-corrected chi connectivity index (χ4v) is 3.00. The topological polar surface area (TPSA) is 58.6 Å². The number of hydrogen-bond donors (Lipinski definition) is 1. The third-order valence-electron chi connectivity index (χ3n) is 4.28. The minimum absolute atomic E-state index is 0.124. The lowest BCUT2D eigenvalue weighted by molar-refractivity contribution is -0.142. The molecule has 5 nitrogen and oxygen atoms in total. The van der Waals surface area contributed by atoms with Crippen LogP contribution in [0.4, 0.5) is 0 Å². The number of ether oxygens (including phenoxy) is 1. The van der Waals surface area contributed by atoms with Crippen molar-refractivity contribution in [1.82, 2.24) is 10.2 Å². The summed E-state index contributed by atoms with van der Waals surface area (Å²) in [5.41, 5.74) is 2.12. The molecule has 2 aromatic rings. The monoisotopic (exact) mass is 432 g/mol. The zero-order valence-electron chi connectivity index (χ0n) is 15.9. The van der Waals surface area contributed by atoms with Gasteiger partial charge in [0, 0.05) is 18.1 Å². The van der Waals surface area contributed by atoms with Crippen molar-refractivity contribution in [1.29, 1.82) is 0 Å². The first-order valence-corrected chi connectivity index (χ1v) is 9.68. The molecule has 27 heavy (non-hydrogen) atoms. The summed E-state index contributed by atoms with van der Waals surface area (Å²) in [5.74, 6) is 0.199. The number of hydrogen-bond acceptors (Lipinski definition) is 3. The molecule has 0 aliphatic carbocycles. The van der Waals surface area contributed by atoms with Crippen molar-refractivity contribution in [3.63, 3.8) is 0 Å². The van der Waals surface area contributed by atoms with Gasteiger partial charge in [0.05, 0.1) is 0 Å². The van der Waals surface area contributed by atoms with E-state index in [1.54, 1.807) is 24.1 Å². The lowest BCUT2D eigenvalue weighted by Crippen LogP contribution is -2.49. The second kappa shape index (κ2) is 10.1. The second-order valence-electron chi connectivity index (χ2n) is 6.29. The molecule has 2 amide bonds. The molecule has 2 rings (SSSR count). The molecule has 0 aliphatic rings. The SMILES string of the molecule is CC[C@@H](C(=O)NC)N(Cc1ccc(C)cc1)C(=O)COc1ccc(Br)cc1. The van der Waals surface area contributed by atoms with E-state index in [1.807, 2.05) is 50.2 Å². The van der Waals surface area contributed by atoms with Crippen molar-refractivity contribution in [3.8, 4) is 5.75 Å². The normalized spacial score (nSPS) is 11.6. The number of carbonyl (C=O) groups is 2. The van der Waals surface area contributed by atoms with Crippen LogP contribution in [0.15, 0.2) is 53.0 Å². The van der Waals surface area contributed by atoms with E-state index in [0.717, 1.165) is 15.6 Å². The smallest absolute Gasteiger partial charge is 0.261 e. The first-order valence-electron chi connectivity index (χ1n) is 8.89. The van der Waals surface area contributed by atoms with E-state index in [0.29, 0.717) is 18.7 Å². The molecule has 0 heterocycles. The van der Waals surface area contributed by atoms with Gasteiger partial charge in [-0.1, -0.05) is 52.7 Å². The van der Waals surface area contributed by atoms with Crippen LogP contribution in [-0.2, 0) is 16.1 Å². The van der Waals surface area contributed by atoms with Crippen LogP contribution in [0.25, 0.3) is 0 Å². The van der Waals surface area contributed by atoms with E-state index in [4.69, 9.17) is 4.74 Å². The van der Waals surface area contributed by atoms with Crippen LogP contribution in [0.2, 0.25) is 0 Å². The first-order chi connectivity index (χ1) is 12.9. The van der Waals surface area contributed by atoms with Crippen molar-refractivity contribution in [3.05, 3.63) is 64.1 Å². The second-order valence-corrected chi connectivity index (χ2v) is 7.20. The molecule has 0 unspecified atom stereocenters. The Bertz CT molecular complexity index is 760. The first kappa shape index (κ1) is 21.0. The maximum Gasteiger partial charge on any atom is 0.261 e. The molecule has 0 bridgehead atoms. The Hall–Kier alpha value is -2.34. The number of carbonyl (C=O) groups excluding carboxylic acids is 2. The van der Waals surface area contributed by atoms with Crippen molar-refractivity contribution < 1.29 is 14.3 Å². The van der Waals surface area contributed by atoms with Gasteiger partial charge in [0.25, 0.3) is 5.91 Å². The van der Waals surface area contributed by atoms with Crippen LogP contribution in [0.5, 0.6) is 5.75 Å². The van der Waals surface area contributed by atoms with Crippen LogP contribution in [-0.4, -0.2) is 36.4 Å².